The Labute approximate surface area is 138 Å². The van der Waals surface area contributed by atoms with Gasteiger partial charge in [0.1, 0.15) is 5.75 Å². The van der Waals surface area contributed by atoms with E-state index >= 15 is 0 Å². The molecule has 0 heterocycles. The lowest BCUT2D eigenvalue weighted by atomic mass is 10.2. The number of carbonyl (C=O) groups excluding carboxylic acids is 1. The molecule has 0 atom stereocenters. The van der Waals surface area contributed by atoms with Gasteiger partial charge in [0.15, 0.2) is 0 Å². The third kappa shape index (κ3) is 5.85. The van der Waals surface area contributed by atoms with Gasteiger partial charge in [-0.3, -0.25) is 4.79 Å². The summed E-state index contributed by atoms with van der Waals surface area (Å²) < 4.78 is 5.85. The van der Waals surface area contributed by atoms with Crippen molar-refractivity contribution in [3.63, 3.8) is 0 Å². The lowest BCUT2D eigenvalue weighted by molar-refractivity contribution is -0.120. The second-order valence-corrected chi connectivity index (χ2v) is 6.21. The Morgan fingerprint density at radius 3 is 2.59 bits per heavy atom. The summed E-state index contributed by atoms with van der Waals surface area (Å²) in [6.07, 6.45) is 5.18. The molecule has 0 aromatic heterocycles. The maximum absolute atomic E-state index is 11.8. The van der Waals surface area contributed by atoms with Gasteiger partial charge in [0.05, 0.1) is 13.2 Å². The molecule has 0 bridgehead atoms. The molecule has 0 aliphatic heterocycles. The second kappa shape index (κ2) is 8.39. The highest BCUT2D eigenvalue weighted by atomic mass is 35.5. The van der Waals surface area contributed by atoms with Crippen molar-refractivity contribution >= 4 is 18.3 Å². The molecule has 2 fully saturated rings. The molecule has 4 nitrogen and oxygen atoms in total. The largest absolute Gasteiger partial charge is 0.493 e. The number of para-hydroxylation sites is 1. The van der Waals surface area contributed by atoms with Crippen LogP contribution < -0.4 is 15.4 Å². The number of halogens is 1. The minimum absolute atomic E-state index is 0. The van der Waals surface area contributed by atoms with Gasteiger partial charge in [-0.2, -0.15) is 0 Å². The van der Waals surface area contributed by atoms with Gasteiger partial charge in [0, 0.05) is 12.1 Å². The first-order valence-corrected chi connectivity index (χ1v) is 7.99. The van der Waals surface area contributed by atoms with Crippen molar-refractivity contribution in [2.45, 2.75) is 32.2 Å². The highest BCUT2D eigenvalue weighted by molar-refractivity contribution is 5.85. The summed E-state index contributed by atoms with van der Waals surface area (Å²) in [6, 6.07) is 7.96. The van der Waals surface area contributed by atoms with Crippen molar-refractivity contribution in [1.82, 2.24) is 10.6 Å². The fourth-order valence-corrected chi connectivity index (χ4v) is 2.25. The molecule has 2 aliphatic carbocycles. The normalized spacial score (nSPS) is 16.7. The van der Waals surface area contributed by atoms with Gasteiger partial charge in [0.2, 0.25) is 5.91 Å². The summed E-state index contributed by atoms with van der Waals surface area (Å²) >= 11 is 0. The van der Waals surface area contributed by atoms with Crippen LogP contribution >= 0.6 is 12.4 Å². The molecule has 0 spiro atoms. The summed E-state index contributed by atoms with van der Waals surface area (Å²) in [4.78, 5) is 11.8. The number of nitrogens with one attached hydrogen (secondary N) is 2. The van der Waals surface area contributed by atoms with Crippen molar-refractivity contribution in [2.75, 3.05) is 19.7 Å². The molecule has 1 aromatic carbocycles. The number of rotatable bonds is 9. The number of hydrogen-bond donors (Lipinski definition) is 2. The van der Waals surface area contributed by atoms with Gasteiger partial charge >= 0.3 is 0 Å². The molecule has 2 saturated carbocycles. The predicted molar refractivity (Wildman–Crippen MR) is 89.3 cm³/mol. The quantitative estimate of drug-likeness (QED) is 0.734. The summed E-state index contributed by atoms with van der Waals surface area (Å²) in [5.74, 6) is 2.48. The second-order valence-electron chi connectivity index (χ2n) is 6.21. The zero-order valence-corrected chi connectivity index (χ0v) is 13.7. The number of carbonyl (C=O) groups is 1. The van der Waals surface area contributed by atoms with E-state index in [0.29, 0.717) is 13.1 Å². The molecule has 1 amide bonds. The van der Waals surface area contributed by atoms with Crippen molar-refractivity contribution in [1.29, 1.82) is 0 Å². The van der Waals surface area contributed by atoms with E-state index in [1.807, 2.05) is 24.3 Å². The molecule has 122 valence electrons. The van der Waals surface area contributed by atoms with E-state index in [1.54, 1.807) is 0 Å². The van der Waals surface area contributed by atoms with E-state index < -0.39 is 0 Å². The maximum Gasteiger partial charge on any atom is 0.234 e. The Morgan fingerprint density at radius 2 is 1.86 bits per heavy atom. The van der Waals surface area contributed by atoms with Gasteiger partial charge in [0.25, 0.3) is 0 Å². The van der Waals surface area contributed by atoms with E-state index in [0.717, 1.165) is 36.3 Å². The number of ether oxygens (including phenoxy) is 1. The van der Waals surface area contributed by atoms with Crippen LogP contribution in [0.4, 0.5) is 0 Å². The Bertz CT molecular complexity index is 487. The molecular weight excluding hydrogens is 300 g/mol. The Hall–Kier alpha value is -1.26. The van der Waals surface area contributed by atoms with Crippen LogP contribution in [0, 0.1) is 11.8 Å². The van der Waals surface area contributed by atoms with E-state index in [4.69, 9.17) is 4.74 Å². The van der Waals surface area contributed by atoms with E-state index in [9.17, 15) is 4.79 Å². The number of amides is 1. The third-order valence-electron chi connectivity index (χ3n) is 4.04. The summed E-state index contributed by atoms with van der Waals surface area (Å²) in [7, 11) is 0. The highest BCUT2D eigenvalue weighted by Crippen LogP contribution is 2.30. The molecular formula is C17H25ClN2O2. The molecule has 22 heavy (non-hydrogen) atoms. The molecule has 2 aliphatic rings. The van der Waals surface area contributed by atoms with Gasteiger partial charge in [-0.15, -0.1) is 12.4 Å². The Balaban J connectivity index is 0.00000176. The lowest BCUT2D eigenvalue weighted by Crippen LogP contribution is -2.34. The van der Waals surface area contributed by atoms with E-state index in [2.05, 4.69) is 10.6 Å². The average Bonchev–Trinajstić information content (AvgIpc) is 3.37. The van der Waals surface area contributed by atoms with E-state index in [1.165, 1.54) is 25.7 Å². The van der Waals surface area contributed by atoms with Crippen molar-refractivity contribution in [3.05, 3.63) is 29.8 Å². The van der Waals surface area contributed by atoms with Gasteiger partial charge in [-0.25, -0.2) is 0 Å². The Kier molecular flexibility index (Phi) is 6.52. The van der Waals surface area contributed by atoms with Crippen LogP contribution in [0.25, 0.3) is 0 Å². The number of benzene rings is 1. The summed E-state index contributed by atoms with van der Waals surface area (Å²) in [5, 5.41) is 6.16. The minimum Gasteiger partial charge on any atom is -0.493 e. The zero-order valence-electron chi connectivity index (χ0n) is 12.8. The fraction of sp³-hybridized carbons (Fsp3) is 0.588. The Morgan fingerprint density at radius 1 is 1.14 bits per heavy atom. The van der Waals surface area contributed by atoms with Crippen LogP contribution in [0.3, 0.4) is 0 Å². The molecule has 0 saturated heterocycles. The first kappa shape index (κ1) is 17.1. The van der Waals surface area contributed by atoms with E-state index in [-0.39, 0.29) is 18.3 Å². The molecule has 5 heteroatoms. The van der Waals surface area contributed by atoms with Crippen LogP contribution in [-0.2, 0) is 11.3 Å². The average molecular weight is 325 g/mol. The predicted octanol–water partition coefficient (Wildman–Crippen LogP) is 2.51. The van der Waals surface area contributed by atoms with Crippen molar-refractivity contribution in [3.8, 4) is 5.75 Å². The smallest absolute Gasteiger partial charge is 0.234 e. The SMILES string of the molecule is Cl.O=C(CNCC1CC1)NCc1ccccc1OCC1CC1. The van der Waals surface area contributed by atoms with Crippen LogP contribution in [0.1, 0.15) is 31.2 Å². The van der Waals surface area contributed by atoms with Crippen LogP contribution in [-0.4, -0.2) is 25.6 Å². The van der Waals surface area contributed by atoms with Crippen LogP contribution in [0.5, 0.6) is 5.75 Å². The van der Waals surface area contributed by atoms with Crippen molar-refractivity contribution < 1.29 is 9.53 Å². The molecule has 1 aromatic rings. The first-order valence-electron chi connectivity index (χ1n) is 7.99. The van der Waals surface area contributed by atoms with Gasteiger partial charge < -0.3 is 15.4 Å². The fourth-order valence-electron chi connectivity index (χ4n) is 2.25. The van der Waals surface area contributed by atoms with Gasteiger partial charge in [-0.1, -0.05) is 18.2 Å². The summed E-state index contributed by atoms with van der Waals surface area (Å²) in [6.45, 7) is 2.70. The standard InChI is InChI=1S/C17H24N2O2.ClH/c20-17(11-18-9-13-5-6-13)19-10-15-3-1-2-4-16(15)21-12-14-7-8-14;/h1-4,13-14,18H,5-12H2,(H,19,20);1H. The minimum atomic E-state index is 0. The zero-order chi connectivity index (χ0) is 14.5. The maximum atomic E-state index is 11.8. The van der Waals surface area contributed by atoms with Gasteiger partial charge in [-0.05, 0) is 50.1 Å². The summed E-state index contributed by atoms with van der Waals surface area (Å²) in [5.41, 5.74) is 1.05. The monoisotopic (exact) mass is 324 g/mol. The third-order valence-corrected chi connectivity index (χ3v) is 4.04. The highest BCUT2D eigenvalue weighted by Gasteiger charge is 2.22. The molecule has 2 N–H and O–H groups in total. The lowest BCUT2D eigenvalue weighted by Gasteiger charge is -2.12. The first-order chi connectivity index (χ1) is 10.3. The topological polar surface area (TPSA) is 50.4 Å². The number of hydrogen-bond acceptors (Lipinski definition) is 3. The molecule has 0 unspecified atom stereocenters. The van der Waals surface area contributed by atoms with Crippen LogP contribution in [0.2, 0.25) is 0 Å². The van der Waals surface area contributed by atoms with Crippen molar-refractivity contribution in [2.24, 2.45) is 11.8 Å². The van der Waals surface area contributed by atoms with Crippen LogP contribution in [0.15, 0.2) is 24.3 Å². The molecule has 0 radical (unpaired) electrons. The molecule has 3 rings (SSSR count).